The van der Waals surface area contributed by atoms with Crippen molar-refractivity contribution in [3.05, 3.63) is 76.8 Å². The van der Waals surface area contributed by atoms with E-state index in [1.807, 2.05) is 13.8 Å². The molecule has 0 amide bonds. The van der Waals surface area contributed by atoms with E-state index in [4.69, 9.17) is 11.3 Å². The van der Waals surface area contributed by atoms with E-state index in [0.29, 0.717) is 0 Å². The quantitative estimate of drug-likeness (QED) is 0.249. The maximum absolute atomic E-state index is 7.44. The standard InChI is InChI=1S/C27H25N2O/c1-16-12-19-8-7-9-22-24(19)23(17(16)2)25-26(30-22)21-11-10-18(14-27(3,4)28-5)13-20(21)15-29(25)6/h7-13,15H,14H2,1-4,6H3/q+1. The normalized spacial score (nSPS) is 12.5. The molecule has 4 aromatic rings. The average Bonchev–Trinajstić information content (AvgIpc) is 2.71. The number of aryl methyl sites for hydroxylation is 2. The van der Waals surface area contributed by atoms with Crippen LogP contribution in [0.15, 0.2) is 48.7 Å². The second kappa shape index (κ2) is 6.31. The zero-order chi connectivity index (χ0) is 21.2. The van der Waals surface area contributed by atoms with Crippen molar-refractivity contribution in [2.45, 2.75) is 39.7 Å². The Bertz CT molecular complexity index is 1410. The van der Waals surface area contributed by atoms with Crippen LogP contribution in [0.2, 0.25) is 0 Å². The van der Waals surface area contributed by atoms with Crippen LogP contribution < -0.4 is 9.30 Å². The Morgan fingerprint density at radius 2 is 1.87 bits per heavy atom. The molecule has 1 aliphatic rings. The molecule has 1 aliphatic heterocycles. The molecular weight excluding hydrogens is 368 g/mol. The fraction of sp³-hybridized carbons (Fsp3) is 0.259. The van der Waals surface area contributed by atoms with Gasteiger partial charge >= 0.3 is 0 Å². The van der Waals surface area contributed by atoms with Crippen LogP contribution in [0.3, 0.4) is 0 Å². The Morgan fingerprint density at radius 3 is 2.63 bits per heavy atom. The largest absolute Gasteiger partial charge is 0.449 e. The first-order chi connectivity index (χ1) is 14.3. The number of rotatable bonds is 2. The first-order valence-corrected chi connectivity index (χ1v) is 10.3. The molecule has 30 heavy (non-hydrogen) atoms. The number of aromatic nitrogens is 1. The zero-order valence-corrected chi connectivity index (χ0v) is 18.1. The predicted octanol–water partition coefficient (Wildman–Crippen LogP) is 6.45. The number of hydrogen-bond acceptors (Lipinski definition) is 1. The van der Waals surface area contributed by atoms with Crippen molar-refractivity contribution in [2.24, 2.45) is 7.05 Å². The molecule has 0 saturated heterocycles. The van der Waals surface area contributed by atoms with E-state index in [1.165, 1.54) is 33.0 Å². The molecule has 5 rings (SSSR count). The zero-order valence-electron chi connectivity index (χ0n) is 18.1. The van der Waals surface area contributed by atoms with Gasteiger partial charge in [-0.1, -0.05) is 24.3 Å². The average molecular weight is 394 g/mol. The van der Waals surface area contributed by atoms with E-state index < -0.39 is 5.54 Å². The molecule has 148 valence electrons. The minimum absolute atomic E-state index is 0.399. The Hall–Kier alpha value is -3.38. The summed E-state index contributed by atoms with van der Waals surface area (Å²) >= 11 is 0. The van der Waals surface area contributed by atoms with Crippen molar-refractivity contribution in [1.29, 1.82) is 0 Å². The van der Waals surface area contributed by atoms with Gasteiger partial charge in [0.15, 0.2) is 6.20 Å². The van der Waals surface area contributed by atoms with Crippen LogP contribution >= 0.6 is 0 Å². The van der Waals surface area contributed by atoms with Crippen molar-refractivity contribution in [3.63, 3.8) is 0 Å². The molecule has 0 unspecified atom stereocenters. The smallest absolute Gasteiger partial charge is 0.257 e. The fourth-order valence-electron chi connectivity index (χ4n) is 4.68. The van der Waals surface area contributed by atoms with E-state index in [1.54, 1.807) is 0 Å². The number of ether oxygens (including phenoxy) is 1. The van der Waals surface area contributed by atoms with Crippen LogP contribution in [-0.4, -0.2) is 5.54 Å². The van der Waals surface area contributed by atoms with Crippen molar-refractivity contribution in [3.8, 4) is 22.8 Å². The van der Waals surface area contributed by atoms with E-state index in [2.05, 4.69) is 79.0 Å². The minimum atomic E-state index is -0.399. The molecule has 0 aliphatic carbocycles. The first kappa shape index (κ1) is 18.6. The molecule has 0 radical (unpaired) electrons. The lowest BCUT2D eigenvalue weighted by molar-refractivity contribution is -0.659. The van der Waals surface area contributed by atoms with E-state index in [0.717, 1.165) is 34.4 Å². The molecule has 3 heteroatoms. The Morgan fingerprint density at radius 1 is 1.07 bits per heavy atom. The molecule has 0 N–H and O–H groups in total. The van der Waals surface area contributed by atoms with Gasteiger partial charge in [-0.15, -0.1) is 0 Å². The molecule has 3 nitrogen and oxygen atoms in total. The van der Waals surface area contributed by atoms with E-state index >= 15 is 0 Å². The lowest BCUT2D eigenvalue weighted by atomic mass is 9.89. The maximum Gasteiger partial charge on any atom is 0.257 e. The number of pyridine rings is 1. The highest BCUT2D eigenvalue weighted by Crippen LogP contribution is 2.49. The van der Waals surface area contributed by atoms with Gasteiger partial charge in [0.1, 0.15) is 12.8 Å². The van der Waals surface area contributed by atoms with Crippen LogP contribution in [0.4, 0.5) is 0 Å². The monoisotopic (exact) mass is 393 g/mol. The van der Waals surface area contributed by atoms with Gasteiger partial charge in [-0.2, -0.15) is 4.57 Å². The minimum Gasteiger partial charge on any atom is -0.449 e. The van der Waals surface area contributed by atoms with Gasteiger partial charge in [0, 0.05) is 30.0 Å². The lowest BCUT2D eigenvalue weighted by Crippen LogP contribution is -2.32. The van der Waals surface area contributed by atoms with Gasteiger partial charge in [-0.05, 0) is 54.1 Å². The summed E-state index contributed by atoms with van der Waals surface area (Å²) in [5.74, 6) is 1.84. The van der Waals surface area contributed by atoms with E-state index in [9.17, 15) is 0 Å². The third-order valence-corrected chi connectivity index (χ3v) is 6.30. The van der Waals surface area contributed by atoms with Gasteiger partial charge < -0.3 is 9.58 Å². The van der Waals surface area contributed by atoms with Crippen molar-refractivity contribution in [2.75, 3.05) is 0 Å². The van der Waals surface area contributed by atoms with E-state index in [-0.39, 0.29) is 0 Å². The van der Waals surface area contributed by atoms with Crippen molar-refractivity contribution < 1.29 is 9.30 Å². The summed E-state index contributed by atoms with van der Waals surface area (Å²) in [6.07, 6.45) is 2.92. The van der Waals surface area contributed by atoms with Crippen LogP contribution in [0.1, 0.15) is 30.5 Å². The van der Waals surface area contributed by atoms with Gasteiger partial charge in [0.2, 0.25) is 11.3 Å². The lowest BCUT2D eigenvalue weighted by Gasteiger charge is -2.23. The molecule has 1 aromatic heterocycles. The first-order valence-electron chi connectivity index (χ1n) is 10.3. The second-order valence-corrected chi connectivity index (χ2v) is 9.09. The molecule has 0 saturated carbocycles. The summed E-state index contributed by atoms with van der Waals surface area (Å²) in [7, 11) is 2.10. The van der Waals surface area contributed by atoms with Crippen LogP contribution in [0.5, 0.6) is 11.5 Å². The van der Waals surface area contributed by atoms with Crippen LogP contribution in [-0.2, 0) is 13.5 Å². The summed E-state index contributed by atoms with van der Waals surface area (Å²) in [6.45, 7) is 15.8. The highest BCUT2D eigenvalue weighted by atomic mass is 16.5. The summed E-state index contributed by atoms with van der Waals surface area (Å²) in [4.78, 5) is 3.77. The number of benzene rings is 3. The highest BCUT2D eigenvalue weighted by Gasteiger charge is 2.32. The summed E-state index contributed by atoms with van der Waals surface area (Å²) < 4.78 is 8.72. The Kier molecular flexibility index (Phi) is 3.92. The Labute approximate surface area is 177 Å². The maximum atomic E-state index is 7.44. The third-order valence-electron chi connectivity index (χ3n) is 6.30. The van der Waals surface area contributed by atoms with Gasteiger partial charge in [0.05, 0.1) is 12.0 Å². The van der Waals surface area contributed by atoms with Crippen molar-refractivity contribution >= 4 is 21.5 Å². The van der Waals surface area contributed by atoms with Gasteiger partial charge in [-0.3, -0.25) is 0 Å². The summed E-state index contributed by atoms with van der Waals surface area (Å²) in [6, 6.07) is 15.0. The molecule has 0 spiro atoms. The predicted molar refractivity (Wildman–Crippen MR) is 122 cm³/mol. The highest BCUT2D eigenvalue weighted by molar-refractivity contribution is 6.07. The molecule has 3 aromatic carbocycles. The number of hydrogen-bond donors (Lipinski definition) is 0. The third kappa shape index (κ3) is 2.68. The van der Waals surface area contributed by atoms with Gasteiger partial charge in [-0.25, -0.2) is 6.57 Å². The fourth-order valence-corrected chi connectivity index (χ4v) is 4.68. The van der Waals surface area contributed by atoms with Crippen LogP contribution in [0.25, 0.3) is 37.6 Å². The molecule has 2 heterocycles. The SMILES string of the molecule is [C-]#[N+]C(C)(C)Cc1ccc2c3c([n+](C)cc2c1)-c1c(C)c(C)cc2cccc(c12)O3. The second-order valence-electron chi connectivity index (χ2n) is 9.09. The summed E-state index contributed by atoms with van der Waals surface area (Å²) in [5.41, 5.74) is 5.76. The molecule has 0 bridgehead atoms. The molecule has 0 atom stereocenters. The summed E-state index contributed by atoms with van der Waals surface area (Å²) in [5, 5.41) is 4.65. The molecule has 0 fully saturated rings. The van der Waals surface area contributed by atoms with Crippen LogP contribution in [0, 0.1) is 20.4 Å². The number of fused-ring (bicyclic) bond motifs is 4. The van der Waals surface area contributed by atoms with Crippen molar-refractivity contribution in [1.82, 2.24) is 0 Å². The van der Waals surface area contributed by atoms with Gasteiger partial charge in [0.25, 0.3) is 5.69 Å². The molecular formula is C27H25N2O+. The topological polar surface area (TPSA) is 17.5 Å². The Balaban J connectivity index is 1.80. The number of nitrogens with zero attached hydrogens (tertiary/aromatic N) is 2.